The van der Waals surface area contributed by atoms with Gasteiger partial charge in [-0.3, -0.25) is 4.79 Å². The van der Waals surface area contributed by atoms with Crippen LogP contribution in [0.3, 0.4) is 0 Å². The number of nitrogens with zero attached hydrogens (tertiary/aromatic N) is 3. The SMILES string of the molecule is CC(C)c1nnc2n1C[C@H](NC(=O)c1cc3ccccc3o1)CC2. The molecular formula is C18H20N4O2. The summed E-state index contributed by atoms with van der Waals surface area (Å²) in [6.07, 6.45) is 1.69. The van der Waals surface area contributed by atoms with Gasteiger partial charge in [0.15, 0.2) is 5.76 Å². The van der Waals surface area contributed by atoms with Gasteiger partial charge in [-0.1, -0.05) is 32.0 Å². The molecule has 0 spiro atoms. The standard InChI is InChI=1S/C18H20N4O2/c1-11(2)17-21-20-16-8-7-13(10-22(16)17)19-18(23)15-9-12-5-3-4-6-14(12)24-15/h3-6,9,11,13H,7-8,10H2,1-2H3,(H,19,23)/t13-/m1/s1. The van der Waals surface area contributed by atoms with Crippen LogP contribution < -0.4 is 5.32 Å². The van der Waals surface area contributed by atoms with Crippen LogP contribution in [0, 0.1) is 0 Å². The van der Waals surface area contributed by atoms with E-state index in [9.17, 15) is 4.79 Å². The number of para-hydroxylation sites is 1. The Morgan fingerprint density at radius 1 is 1.33 bits per heavy atom. The quantitative estimate of drug-likeness (QED) is 0.804. The Kier molecular flexibility index (Phi) is 3.59. The lowest BCUT2D eigenvalue weighted by molar-refractivity contribution is 0.0901. The summed E-state index contributed by atoms with van der Waals surface area (Å²) in [4.78, 5) is 12.5. The van der Waals surface area contributed by atoms with Gasteiger partial charge in [-0.2, -0.15) is 0 Å². The van der Waals surface area contributed by atoms with Gasteiger partial charge in [-0.15, -0.1) is 10.2 Å². The van der Waals surface area contributed by atoms with Crippen LogP contribution >= 0.6 is 0 Å². The second-order valence-electron chi connectivity index (χ2n) is 6.60. The van der Waals surface area contributed by atoms with Crippen molar-refractivity contribution in [3.05, 3.63) is 47.7 Å². The van der Waals surface area contributed by atoms with Crippen molar-refractivity contribution in [1.82, 2.24) is 20.1 Å². The normalized spacial score (nSPS) is 17.2. The predicted molar refractivity (Wildman–Crippen MR) is 89.9 cm³/mol. The van der Waals surface area contributed by atoms with Crippen molar-refractivity contribution >= 4 is 16.9 Å². The predicted octanol–water partition coefficient (Wildman–Crippen LogP) is 2.89. The van der Waals surface area contributed by atoms with E-state index < -0.39 is 0 Å². The molecule has 1 aromatic carbocycles. The maximum Gasteiger partial charge on any atom is 0.287 e. The molecule has 0 fully saturated rings. The van der Waals surface area contributed by atoms with Gasteiger partial charge in [0.1, 0.15) is 17.2 Å². The highest BCUT2D eigenvalue weighted by molar-refractivity contribution is 5.96. The molecule has 1 aliphatic heterocycles. The Bertz CT molecular complexity index is 860. The average Bonchev–Trinajstić information content (AvgIpc) is 3.18. The maximum atomic E-state index is 12.5. The van der Waals surface area contributed by atoms with Crippen LogP contribution in [0.15, 0.2) is 34.7 Å². The molecule has 6 nitrogen and oxygen atoms in total. The molecule has 6 heteroatoms. The number of rotatable bonds is 3. The number of furan rings is 1. The van der Waals surface area contributed by atoms with Crippen molar-refractivity contribution in [1.29, 1.82) is 0 Å². The minimum atomic E-state index is -0.168. The van der Waals surface area contributed by atoms with Crippen molar-refractivity contribution in [2.45, 2.75) is 45.2 Å². The van der Waals surface area contributed by atoms with E-state index in [0.29, 0.717) is 18.2 Å². The first kappa shape index (κ1) is 14.9. The Balaban J connectivity index is 1.51. The van der Waals surface area contributed by atoms with Gasteiger partial charge >= 0.3 is 0 Å². The van der Waals surface area contributed by atoms with Crippen LogP contribution in [-0.2, 0) is 13.0 Å². The summed E-state index contributed by atoms with van der Waals surface area (Å²) in [5.74, 6) is 2.49. The topological polar surface area (TPSA) is 73.0 Å². The summed E-state index contributed by atoms with van der Waals surface area (Å²) in [6.45, 7) is 4.92. The maximum absolute atomic E-state index is 12.5. The van der Waals surface area contributed by atoms with Crippen molar-refractivity contribution in [3.63, 3.8) is 0 Å². The first-order chi connectivity index (χ1) is 11.6. The molecule has 1 N–H and O–H groups in total. The molecule has 3 aromatic rings. The fourth-order valence-corrected chi connectivity index (χ4v) is 3.24. The average molecular weight is 324 g/mol. The van der Waals surface area contributed by atoms with E-state index in [4.69, 9.17) is 4.42 Å². The summed E-state index contributed by atoms with van der Waals surface area (Å²) in [5.41, 5.74) is 0.731. The molecule has 4 rings (SSSR count). The molecule has 0 unspecified atom stereocenters. The molecule has 0 saturated carbocycles. The highest BCUT2D eigenvalue weighted by Gasteiger charge is 2.26. The molecular weight excluding hydrogens is 304 g/mol. The monoisotopic (exact) mass is 324 g/mol. The smallest absolute Gasteiger partial charge is 0.287 e. The van der Waals surface area contributed by atoms with E-state index in [0.717, 1.165) is 35.5 Å². The fraction of sp³-hybridized carbons (Fsp3) is 0.389. The molecule has 3 heterocycles. The van der Waals surface area contributed by atoms with Crippen molar-refractivity contribution < 1.29 is 9.21 Å². The van der Waals surface area contributed by atoms with Gasteiger partial charge in [-0.05, 0) is 18.6 Å². The van der Waals surface area contributed by atoms with Crippen LogP contribution in [0.4, 0.5) is 0 Å². The van der Waals surface area contributed by atoms with Crippen LogP contribution in [-0.4, -0.2) is 26.7 Å². The molecule has 124 valence electrons. The van der Waals surface area contributed by atoms with Crippen LogP contribution in [0.1, 0.15) is 48.4 Å². The number of benzene rings is 1. The second-order valence-corrected chi connectivity index (χ2v) is 6.60. The zero-order valence-corrected chi connectivity index (χ0v) is 13.8. The van der Waals surface area contributed by atoms with Crippen LogP contribution in [0.25, 0.3) is 11.0 Å². The number of carbonyl (C=O) groups is 1. The van der Waals surface area contributed by atoms with Gasteiger partial charge in [0, 0.05) is 30.3 Å². The first-order valence-corrected chi connectivity index (χ1v) is 8.33. The zero-order chi connectivity index (χ0) is 16.7. The minimum Gasteiger partial charge on any atom is -0.451 e. The van der Waals surface area contributed by atoms with Gasteiger partial charge in [-0.25, -0.2) is 0 Å². The lowest BCUT2D eigenvalue weighted by Gasteiger charge is -2.25. The summed E-state index contributed by atoms with van der Waals surface area (Å²) in [7, 11) is 0. The Morgan fingerprint density at radius 3 is 2.96 bits per heavy atom. The highest BCUT2D eigenvalue weighted by Crippen LogP contribution is 2.22. The van der Waals surface area contributed by atoms with Crippen LogP contribution in [0.2, 0.25) is 0 Å². The number of nitrogens with one attached hydrogen (secondary N) is 1. The zero-order valence-electron chi connectivity index (χ0n) is 13.8. The molecule has 1 atom stereocenters. The van der Waals surface area contributed by atoms with Crippen molar-refractivity contribution in [2.75, 3.05) is 0 Å². The largest absolute Gasteiger partial charge is 0.451 e. The number of amides is 1. The Morgan fingerprint density at radius 2 is 2.17 bits per heavy atom. The third-order valence-corrected chi connectivity index (χ3v) is 4.48. The van der Waals surface area contributed by atoms with Crippen molar-refractivity contribution in [3.8, 4) is 0 Å². The Labute approximate surface area is 139 Å². The minimum absolute atomic E-state index is 0.0618. The summed E-state index contributed by atoms with van der Waals surface area (Å²) < 4.78 is 7.78. The molecule has 2 aromatic heterocycles. The lowest BCUT2D eigenvalue weighted by Crippen LogP contribution is -2.41. The van der Waals surface area contributed by atoms with Gasteiger partial charge in [0.05, 0.1) is 0 Å². The van der Waals surface area contributed by atoms with Gasteiger partial charge in [0.25, 0.3) is 5.91 Å². The van der Waals surface area contributed by atoms with E-state index in [1.807, 2.05) is 24.3 Å². The van der Waals surface area contributed by atoms with E-state index in [-0.39, 0.29) is 11.9 Å². The summed E-state index contributed by atoms with van der Waals surface area (Å²) >= 11 is 0. The van der Waals surface area contributed by atoms with Gasteiger partial charge in [0.2, 0.25) is 0 Å². The molecule has 1 aliphatic rings. The van der Waals surface area contributed by atoms with E-state index in [2.05, 4.69) is 33.9 Å². The lowest BCUT2D eigenvalue weighted by atomic mass is 10.1. The number of aromatic nitrogens is 3. The molecule has 0 aliphatic carbocycles. The van der Waals surface area contributed by atoms with Crippen molar-refractivity contribution in [2.24, 2.45) is 0 Å². The number of hydrogen-bond acceptors (Lipinski definition) is 4. The van der Waals surface area contributed by atoms with Crippen LogP contribution in [0.5, 0.6) is 0 Å². The summed E-state index contributed by atoms with van der Waals surface area (Å²) in [5, 5.41) is 12.6. The molecule has 0 saturated heterocycles. The molecule has 1 amide bonds. The molecule has 0 radical (unpaired) electrons. The van der Waals surface area contributed by atoms with E-state index in [1.165, 1.54) is 0 Å². The second kappa shape index (κ2) is 5.78. The third-order valence-electron chi connectivity index (χ3n) is 4.48. The van der Waals surface area contributed by atoms with Gasteiger partial charge < -0.3 is 14.3 Å². The number of aryl methyl sites for hydroxylation is 1. The summed E-state index contributed by atoms with van der Waals surface area (Å²) in [6, 6.07) is 9.49. The Hall–Kier alpha value is -2.63. The van der Waals surface area contributed by atoms with E-state index in [1.54, 1.807) is 6.07 Å². The first-order valence-electron chi connectivity index (χ1n) is 8.33. The number of hydrogen-bond donors (Lipinski definition) is 1. The number of carbonyl (C=O) groups excluding carboxylic acids is 1. The fourth-order valence-electron chi connectivity index (χ4n) is 3.24. The third kappa shape index (κ3) is 2.58. The molecule has 24 heavy (non-hydrogen) atoms. The highest BCUT2D eigenvalue weighted by atomic mass is 16.3. The molecule has 0 bridgehead atoms. The number of fused-ring (bicyclic) bond motifs is 2. The van der Waals surface area contributed by atoms with E-state index >= 15 is 0 Å².